The first-order valence-electron chi connectivity index (χ1n) is 12.7. The summed E-state index contributed by atoms with van der Waals surface area (Å²) in [6, 6.07) is 15.3. The molecule has 3 aromatic rings. The fourth-order valence-electron chi connectivity index (χ4n) is 5.06. The van der Waals surface area contributed by atoms with Gasteiger partial charge in [0.2, 0.25) is 11.9 Å². The highest BCUT2D eigenvalue weighted by Gasteiger charge is 2.23. The minimum absolute atomic E-state index is 0.225. The molecule has 1 aromatic heterocycles. The predicted octanol–water partition coefficient (Wildman–Crippen LogP) is 3.14. The van der Waals surface area contributed by atoms with Gasteiger partial charge < -0.3 is 20.7 Å². The van der Waals surface area contributed by atoms with Crippen molar-refractivity contribution in [1.82, 2.24) is 14.9 Å². The van der Waals surface area contributed by atoms with E-state index in [2.05, 4.69) is 31.2 Å². The van der Waals surface area contributed by atoms with Gasteiger partial charge in [-0.2, -0.15) is 5.26 Å². The summed E-state index contributed by atoms with van der Waals surface area (Å²) in [5, 5.41) is 12.7. The van der Waals surface area contributed by atoms with E-state index in [9.17, 15) is 10.1 Å². The second-order valence-corrected chi connectivity index (χ2v) is 9.49. The van der Waals surface area contributed by atoms with Crippen LogP contribution in [0.1, 0.15) is 45.8 Å². The second-order valence-electron chi connectivity index (χ2n) is 9.49. The first-order valence-corrected chi connectivity index (χ1v) is 12.7. The van der Waals surface area contributed by atoms with Gasteiger partial charge in [-0.15, -0.1) is 0 Å². The monoisotopic (exact) mass is 497 g/mol. The van der Waals surface area contributed by atoms with Crippen LogP contribution in [-0.2, 0) is 6.61 Å². The van der Waals surface area contributed by atoms with Crippen LogP contribution in [0.2, 0.25) is 0 Å². The van der Waals surface area contributed by atoms with Crippen LogP contribution in [0.3, 0.4) is 0 Å². The predicted molar refractivity (Wildman–Crippen MR) is 142 cm³/mol. The summed E-state index contributed by atoms with van der Waals surface area (Å²) in [5.41, 5.74) is 9.81. The summed E-state index contributed by atoms with van der Waals surface area (Å²) in [6.07, 6.45) is 5.59. The minimum Gasteiger partial charge on any atom is -0.486 e. The number of amides is 1. The third kappa shape index (κ3) is 5.81. The Balaban J connectivity index is 1.06. The van der Waals surface area contributed by atoms with Crippen LogP contribution in [0.5, 0.6) is 5.75 Å². The molecule has 9 heteroatoms. The lowest BCUT2D eigenvalue weighted by atomic mass is 9.95. The van der Waals surface area contributed by atoms with Crippen molar-refractivity contribution >= 4 is 17.5 Å². The van der Waals surface area contributed by atoms with Crippen LogP contribution in [0.25, 0.3) is 0 Å². The van der Waals surface area contributed by atoms with Crippen molar-refractivity contribution in [1.29, 1.82) is 5.26 Å². The normalized spacial score (nSPS) is 17.1. The Kier molecular flexibility index (Phi) is 7.47. The number of hydrogen-bond donors (Lipinski definition) is 2. The highest BCUT2D eigenvalue weighted by atomic mass is 16.5. The Labute approximate surface area is 216 Å². The lowest BCUT2D eigenvalue weighted by molar-refractivity contribution is 0.0998. The number of fused-ring (bicyclic) bond motifs is 1. The van der Waals surface area contributed by atoms with Crippen LogP contribution < -0.4 is 20.7 Å². The SMILES string of the molecule is N#Cc1ccc2c(c1)C(CCCN1CCN(c3ncc(OCc4ccccc4C(N)=O)cn3)CC1)CN2. The average Bonchev–Trinajstić information content (AvgIpc) is 3.34. The molecule has 0 radical (unpaired) electrons. The highest BCUT2D eigenvalue weighted by molar-refractivity contribution is 5.94. The summed E-state index contributed by atoms with van der Waals surface area (Å²) < 4.78 is 5.78. The van der Waals surface area contributed by atoms with Crippen LogP contribution in [0.4, 0.5) is 11.6 Å². The van der Waals surface area contributed by atoms with Gasteiger partial charge in [0.25, 0.3) is 0 Å². The third-order valence-corrected chi connectivity index (χ3v) is 7.13. The Morgan fingerprint density at radius 1 is 1.14 bits per heavy atom. The number of primary amides is 1. The van der Waals surface area contributed by atoms with Crippen LogP contribution in [0, 0.1) is 11.3 Å². The number of benzene rings is 2. The number of anilines is 2. The number of aromatic nitrogens is 2. The number of ether oxygens (including phenoxy) is 1. The van der Waals surface area contributed by atoms with E-state index >= 15 is 0 Å². The van der Waals surface area contributed by atoms with E-state index in [1.807, 2.05) is 30.3 Å². The highest BCUT2D eigenvalue weighted by Crippen LogP contribution is 2.35. The lowest BCUT2D eigenvalue weighted by Gasteiger charge is -2.34. The Morgan fingerprint density at radius 2 is 1.92 bits per heavy atom. The van der Waals surface area contributed by atoms with Crippen molar-refractivity contribution in [2.75, 3.05) is 49.5 Å². The van der Waals surface area contributed by atoms with Gasteiger partial charge in [-0.1, -0.05) is 18.2 Å². The summed E-state index contributed by atoms with van der Waals surface area (Å²) in [7, 11) is 0. The first kappa shape index (κ1) is 24.5. The maximum Gasteiger partial charge on any atom is 0.249 e. The van der Waals surface area contributed by atoms with Crippen molar-refractivity contribution in [3.05, 3.63) is 77.1 Å². The molecule has 3 N–H and O–H groups in total. The number of piperazine rings is 1. The maximum absolute atomic E-state index is 11.6. The molecule has 5 rings (SSSR count). The molecule has 0 spiro atoms. The zero-order valence-electron chi connectivity index (χ0n) is 20.8. The fourth-order valence-corrected chi connectivity index (χ4v) is 5.06. The van der Waals surface area contributed by atoms with Crippen molar-refractivity contribution in [2.24, 2.45) is 5.73 Å². The van der Waals surface area contributed by atoms with Gasteiger partial charge in [-0.05, 0) is 49.2 Å². The number of rotatable bonds is 9. The van der Waals surface area contributed by atoms with Crippen LogP contribution in [0.15, 0.2) is 54.9 Å². The zero-order chi connectivity index (χ0) is 25.6. The van der Waals surface area contributed by atoms with E-state index < -0.39 is 5.91 Å². The van der Waals surface area contributed by atoms with E-state index in [4.69, 9.17) is 10.5 Å². The number of nitriles is 1. The largest absolute Gasteiger partial charge is 0.486 e. The van der Waals surface area contributed by atoms with Crippen molar-refractivity contribution in [3.63, 3.8) is 0 Å². The molecule has 1 unspecified atom stereocenters. The number of nitrogens with one attached hydrogen (secondary N) is 1. The minimum atomic E-state index is -0.472. The fraction of sp³-hybridized carbons (Fsp3) is 0.357. The molecular weight excluding hydrogens is 466 g/mol. The van der Waals surface area contributed by atoms with Gasteiger partial charge in [-0.3, -0.25) is 9.69 Å². The molecule has 2 aliphatic rings. The second kappa shape index (κ2) is 11.3. The molecule has 2 aliphatic heterocycles. The molecule has 37 heavy (non-hydrogen) atoms. The number of carbonyl (C=O) groups excluding carboxylic acids is 1. The van der Waals surface area contributed by atoms with Crippen LogP contribution in [-0.4, -0.2) is 60.0 Å². The summed E-state index contributed by atoms with van der Waals surface area (Å²) >= 11 is 0. The molecule has 0 aliphatic carbocycles. The van der Waals surface area contributed by atoms with E-state index in [1.165, 1.54) is 11.3 Å². The smallest absolute Gasteiger partial charge is 0.249 e. The molecular formula is C28H31N7O2. The number of carbonyl (C=O) groups is 1. The molecule has 1 amide bonds. The van der Waals surface area contributed by atoms with Gasteiger partial charge in [0.1, 0.15) is 6.61 Å². The first-order chi connectivity index (χ1) is 18.1. The quantitative estimate of drug-likeness (QED) is 0.463. The number of nitrogens with zero attached hydrogens (tertiary/aromatic N) is 5. The molecule has 1 saturated heterocycles. The summed E-state index contributed by atoms with van der Waals surface area (Å²) in [5.74, 6) is 1.25. The van der Waals surface area contributed by atoms with Crippen molar-refractivity contribution in [2.45, 2.75) is 25.4 Å². The van der Waals surface area contributed by atoms with E-state index in [0.717, 1.165) is 63.2 Å². The molecule has 1 fully saturated rings. The molecule has 3 heterocycles. The Morgan fingerprint density at radius 3 is 2.68 bits per heavy atom. The topological polar surface area (TPSA) is 120 Å². The molecule has 0 bridgehead atoms. The molecule has 0 saturated carbocycles. The van der Waals surface area contributed by atoms with Crippen LogP contribution >= 0.6 is 0 Å². The third-order valence-electron chi connectivity index (χ3n) is 7.13. The van der Waals surface area contributed by atoms with Crippen molar-refractivity contribution in [3.8, 4) is 11.8 Å². The van der Waals surface area contributed by atoms with Gasteiger partial charge in [0.15, 0.2) is 5.75 Å². The standard InChI is InChI=1S/C28H31N7O2/c29-15-20-7-8-26-25(14-20)21(16-31-26)5-3-9-34-10-12-35(13-11-34)28-32-17-23(18-33-28)37-19-22-4-1-2-6-24(22)27(30)36/h1-2,4,6-8,14,17-18,21,31H,3,5,9-13,16,19H2,(H2,30,36). The van der Waals surface area contributed by atoms with E-state index in [-0.39, 0.29) is 6.61 Å². The van der Waals surface area contributed by atoms with Gasteiger partial charge >= 0.3 is 0 Å². The number of nitrogens with two attached hydrogens (primary N) is 1. The molecule has 9 nitrogen and oxygen atoms in total. The van der Waals surface area contributed by atoms with Crippen molar-refractivity contribution < 1.29 is 9.53 Å². The lowest BCUT2D eigenvalue weighted by Crippen LogP contribution is -2.47. The number of hydrogen-bond acceptors (Lipinski definition) is 8. The van der Waals surface area contributed by atoms with E-state index in [1.54, 1.807) is 24.5 Å². The van der Waals surface area contributed by atoms with Gasteiger partial charge in [0.05, 0.1) is 24.0 Å². The zero-order valence-corrected chi connectivity index (χ0v) is 20.8. The Bertz CT molecular complexity index is 1280. The molecule has 190 valence electrons. The summed E-state index contributed by atoms with van der Waals surface area (Å²) in [4.78, 5) is 25.3. The molecule has 1 atom stereocenters. The summed E-state index contributed by atoms with van der Waals surface area (Å²) in [6.45, 7) is 5.96. The maximum atomic E-state index is 11.6. The molecule has 2 aromatic carbocycles. The van der Waals surface area contributed by atoms with E-state index in [0.29, 0.717) is 23.2 Å². The Hall–Kier alpha value is -4.16. The van der Waals surface area contributed by atoms with Gasteiger partial charge in [-0.25, -0.2) is 9.97 Å². The van der Waals surface area contributed by atoms with Gasteiger partial charge in [0, 0.05) is 55.5 Å². The average molecular weight is 498 g/mol.